The van der Waals surface area contributed by atoms with E-state index in [4.69, 9.17) is 10.4 Å². The smallest absolute Gasteiger partial charge is 0.292 e. The number of nitrogens with one attached hydrogen (secondary N) is 1. The molecule has 2 N–H and O–H groups in total. The van der Waals surface area contributed by atoms with Crippen LogP contribution in [0.4, 0.5) is 11.4 Å². The highest BCUT2D eigenvalue weighted by molar-refractivity contribution is 7.99. The molecule has 6 nitrogen and oxygen atoms in total. The summed E-state index contributed by atoms with van der Waals surface area (Å²) in [5.74, 6) is 1.65. The van der Waals surface area contributed by atoms with Crippen LogP contribution in [0.2, 0.25) is 0 Å². The lowest BCUT2D eigenvalue weighted by molar-refractivity contribution is -0.384. The fourth-order valence-electron chi connectivity index (χ4n) is 1.43. The summed E-state index contributed by atoms with van der Waals surface area (Å²) in [5.41, 5.74) is 0.729. The predicted molar refractivity (Wildman–Crippen MR) is 75.3 cm³/mol. The third-order valence-electron chi connectivity index (χ3n) is 2.33. The van der Waals surface area contributed by atoms with Gasteiger partial charge in [-0.1, -0.05) is 0 Å². The number of hydrogen-bond donors (Lipinski definition) is 2. The molecule has 0 aliphatic heterocycles. The molecular weight excluding hydrogens is 266 g/mol. The van der Waals surface area contributed by atoms with Crippen LogP contribution in [0.1, 0.15) is 12.0 Å². The average molecular weight is 281 g/mol. The van der Waals surface area contributed by atoms with Crippen LogP contribution in [0.25, 0.3) is 0 Å². The first kappa shape index (κ1) is 15.3. The van der Waals surface area contributed by atoms with Gasteiger partial charge in [0.1, 0.15) is 5.69 Å². The van der Waals surface area contributed by atoms with E-state index >= 15 is 0 Å². The summed E-state index contributed by atoms with van der Waals surface area (Å²) in [5, 5.41) is 31.2. The van der Waals surface area contributed by atoms with Crippen LogP contribution in [0.5, 0.6) is 0 Å². The number of benzene rings is 1. The van der Waals surface area contributed by atoms with Crippen LogP contribution in [-0.2, 0) is 0 Å². The maximum Gasteiger partial charge on any atom is 0.292 e. The van der Waals surface area contributed by atoms with Crippen molar-refractivity contribution in [1.82, 2.24) is 0 Å². The van der Waals surface area contributed by atoms with E-state index in [1.54, 1.807) is 11.8 Å². The van der Waals surface area contributed by atoms with Gasteiger partial charge in [0, 0.05) is 25.0 Å². The summed E-state index contributed by atoms with van der Waals surface area (Å²) in [6.45, 7) is 0.752. The lowest BCUT2D eigenvalue weighted by atomic mass is 10.2. The molecule has 7 heteroatoms. The van der Waals surface area contributed by atoms with Gasteiger partial charge in [-0.05, 0) is 24.3 Å². The van der Waals surface area contributed by atoms with E-state index in [2.05, 4.69) is 5.32 Å². The Hall–Kier alpha value is -1.78. The van der Waals surface area contributed by atoms with Crippen molar-refractivity contribution in [3.8, 4) is 6.07 Å². The molecule has 0 heterocycles. The van der Waals surface area contributed by atoms with Crippen molar-refractivity contribution in [3.05, 3.63) is 33.9 Å². The molecule has 1 aromatic carbocycles. The molecule has 0 aliphatic rings. The van der Waals surface area contributed by atoms with Gasteiger partial charge in [-0.25, -0.2) is 0 Å². The first-order chi connectivity index (χ1) is 9.19. The number of nitro groups is 1. The lowest BCUT2D eigenvalue weighted by Gasteiger charge is -2.07. The first-order valence-electron chi connectivity index (χ1n) is 5.80. The van der Waals surface area contributed by atoms with Gasteiger partial charge in [0.2, 0.25) is 0 Å². The van der Waals surface area contributed by atoms with Crippen LogP contribution in [0.3, 0.4) is 0 Å². The molecule has 0 fully saturated rings. The third kappa shape index (κ3) is 5.16. The van der Waals surface area contributed by atoms with E-state index in [1.165, 1.54) is 18.2 Å². The molecule has 0 saturated carbocycles. The van der Waals surface area contributed by atoms with Gasteiger partial charge in [0.25, 0.3) is 5.69 Å². The SMILES string of the molecule is N#Cc1ccc([N+](=O)[O-])c(NCCSCCCO)c1. The molecule has 1 aromatic rings. The van der Waals surface area contributed by atoms with Gasteiger partial charge in [-0.2, -0.15) is 17.0 Å². The summed E-state index contributed by atoms with van der Waals surface area (Å²) < 4.78 is 0. The summed E-state index contributed by atoms with van der Waals surface area (Å²) in [6.07, 6.45) is 0.745. The molecule has 0 unspecified atom stereocenters. The van der Waals surface area contributed by atoms with Crippen molar-refractivity contribution in [2.24, 2.45) is 0 Å². The van der Waals surface area contributed by atoms with Crippen molar-refractivity contribution >= 4 is 23.1 Å². The van der Waals surface area contributed by atoms with Crippen molar-refractivity contribution in [1.29, 1.82) is 5.26 Å². The van der Waals surface area contributed by atoms with Crippen LogP contribution < -0.4 is 5.32 Å². The minimum atomic E-state index is -0.470. The highest BCUT2D eigenvalue weighted by Gasteiger charge is 2.13. The first-order valence-corrected chi connectivity index (χ1v) is 6.95. The van der Waals surface area contributed by atoms with Crippen molar-refractivity contribution in [2.45, 2.75) is 6.42 Å². The zero-order valence-corrected chi connectivity index (χ0v) is 11.2. The molecule has 102 valence electrons. The number of anilines is 1. The Morgan fingerprint density at radius 2 is 2.26 bits per heavy atom. The van der Waals surface area contributed by atoms with Crippen molar-refractivity contribution < 1.29 is 10.0 Å². The molecule has 0 bridgehead atoms. The van der Waals surface area contributed by atoms with E-state index in [0.29, 0.717) is 17.8 Å². The van der Waals surface area contributed by atoms with Crippen LogP contribution in [-0.4, -0.2) is 34.7 Å². The maximum absolute atomic E-state index is 10.8. The molecule has 0 atom stereocenters. The topological polar surface area (TPSA) is 99.2 Å². The number of nitriles is 1. The standard InChI is InChI=1S/C12H15N3O3S/c13-9-10-2-3-12(15(17)18)11(8-10)14-4-7-19-6-1-5-16/h2-3,8,14,16H,1,4-7H2. The highest BCUT2D eigenvalue weighted by Crippen LogP contribution is 2.25. The number of thioether (sulfide) groups is 1. The molecule has 0 spiro atoms. The minimum absolute atomic E-state index is 0.0284. The van der Waals surface area contributed by atoms with Crippen molar-refractivity contribution in [3.63, 3.8) is 0 Å². The molecule has 0 saturated heterocycles. The Bertz CT molecular complexity index is 474. The molecule has 0 radical (unpaired) electrons. The Labute approximate surface area is 115 Å². The molecular formula is C12H15N3O3S. The quantitative estimate of drug-likeness (QED) is 0.429. The molecule has 1 rings (SSSR count). The number of nitro benzene ring substituents is 1. The van der Waals surface area contributed by atoms with E-state index in [9.17, 15) is 10.1 Å². The van der Waals surface area contributed by atoms with Gasteiger partial charge in [0.15, 0.2) is 0 Å². The Morgan fingerprint density at radius 1 is 1.47 bits per heavy atom. The lowest BCUT2D eigenvalue weighted by Crippen LogP contribution is -2.07. The molecule has 19 heavy (non-hydrogen) atoms. The number of rotatable bonds is 8. The van der Waals surface area contributed by atoms with Gasteiger partial charge in [-0.3, -0.25) is 10.1 Å². The van der Waals surface area contributed by atoms with Gasteiger partial charge in [0.05, 0.1) is 16.6 Å². The van der Waals surface area contributed by atoms with E-state index in [-0.39, 0.29) is 12.3 Å². The van der Waals surface area contributed by atoms with Gasteiger partial charge >= 0.3 is 0 Å². The monoisotopic (exact) mass is 281 g/mol. The normalized spacial score (nSPS) is 9.89. The number of hydrogen-bond acceptors (Lipinski definition) is 6. The number of aliphatic hydroxyl groups excluding tert-OH is 1. The van der Waals surface area contributed by atoms with Crippen molar-refractivity contribution in [2.75, 3.05) is 30.0 Å². The average Bonchev–Trinajstić information content (AvgIpc) is 2.42. The Kier molecular flexibility index (Phi) is 6.71. The molecule has 0 aliphatic carbocycles. The van der Waals surface area contributed by atoms with E-state index in [0.717, 1.165) is 17.9 Å². The second kappa shape index (κ2) is 8.34. The minimum Gasteiger partial charge on any atom is -0.396 e. The Morgan fingerprint density at radius 3 is 2.89 bits per heavy atom. The zero-order valence-electron chi connectivity index (χ0n) is 10.3. The summed E-state index contributed by atoms with van der Waals surface area (Å²) in [4.78, 5) is 10.4. The summed E-state index contributed by atoms with van der Waals surface area (Å²) >= 11 is 1.66. The highest BCUT2D eigenvalue weighted by atomic mass is 32.2. The fourth-order valence-corrected chi connectivity index (χ4v) is 2.22. The summed E-state index contributed by atoms with van der Waals surface area (Å²) in [6, 6.07) is 6.20. The van der Waals surface area contributed by atoms with Gasteiger partial charge in [-0.15, -0.1) is 0 Å². The fraction of sp³-hybridized carbons (Fsp3) is 0.417. The third-order valence-corrected chi connectivity index (χ3v) is 3.40. The molecule has 0 amide bonds. The van der Waals surface area contributed by atoms with Crippen LogP contribution in [0.15, 0.2) is 18.2 Å². The second-order valence-corrected chi connectivity index (χ2v) is 4.94. The van der Waals surface area contributed by atoms with E-state index in [1.807, 2.05) is 6.07 Å². The number of nitrogens with zero attached hydrogens (tertiary/aromatic N) is 2. The largest absolute Gasteiger partial charge is 0.396 e. The second-order valence-electron chi connectivity index (χ2n) is 3.72. The number of aliphatic hydroxyl groups is 1. The predicted octanol–water partition coefficient (Wildman–Crippen LogP) is 1.99. The van der Waals surface area contributed by atoms with Crippen LogP contribution >= 0.6 is 11.8 Å². The maximum atomic E-state index is 10.8. The van der Waals surface area contributed by atoms with E-state index < -0.39 is 4.92 Å². The Balaban J connectivity index is 2.56. The van der Waals surface area contributed by atoms with Gasteiger partial charge < -0.3 is 10.4 Å². The molecule has 0 aromatic heterocycles. The zero-order chi connectivity index (χ0) is 14.1. The van der Waals surface area contributed by atoms with Crippen LogP contribution in [0, 0.1) is 21.4 Å². The summed E-state index contributed by atoms with van der Waals surface area (Å²) in [7, 11) is 0.